The van der Waals surface area contributed by atoms with Gasteiger partial charge < -0.3 is 19.9 Å². The molecule has 37 heavy (non-hydrogen) atoms. The number of anilines is 2. The molecule has 0 radical (unpaired) electrons. The molecule has 192 valence electrons. The molecular formula is C27H26F3N5O2. The quantitative estimate of drug-likeness (QED) is 0.355. The number of ether oxygens (including phenoxy) is 1. The topological polar surface area (TPSA) is 86.3 Å². The van der Waals surface area contributed by atoms with Gasteiger partial charge in [-0.1, -0.05) is 31.5 Å². The van der Waals surface area contributed by atoms with Gasteiger partial charge in [0.15, 0.2) is 0 Å². The molecule has 0 saturated heterocycles. The lowest BCUT2D eigenvalue weighted by molar-refractivity contribution is -0.274. The number of aryl methyl sites for hydroxylation is 1. The highest BCUT2D eigenvalue weighted by Crippen LogP contribution is 2.37. The fraction of sp³-hybridized carbons (Fsp3) is 0.296. The number of alkyl halides is 3. The lowest BCUT2D eigenvalue weighted by Gasteiger charge is -2.18. The standard InChI is InChI=1S/C27H26F3N5O2/c1-2-3-10-34-15-21(24-25(31)32-16-33-26(24)34)18-7-8-22-19(14-18)9-11-35(22)23(36)13-17-5-4-6-20(12-17)37-27(28,29)30/h4-8,12,14-16H,2-3,9-11,13H2,1H3,(H2,31,32,33). The maximum absolute atomic E-state index is 13.1. The van der Waals surface area contributed by atoms with Crippen LogP contribution in [0.15, 0.2) is 55.0 Å². The molecule has 5 rings (SSSR count). The molecule has 0 spiro atoms. The van der Waals surface area contributed by atoms with E-state index in [1.54, 1.807) is 11.0 Å². The summed E-state index contributed by atoms with van der Waals surface area (Å²) in [5, 5.41) is 0.811. The third kappa shape index (κ3) is 5.09. The Morgan fingerprint density at radius 1 is 1.16 bits per heavy atom. The molecule has 0 bridgehead atoms. The van der Waals surface area contributed by atoms with Gasteiger partial charge in [0.1, 0.15) is 23.5 Å². The van der Waals surface area contributed by atoms with Crippen LogP contribution in [0, 0.1) is 0 Å². The van der Waals surface area contributed by atoms with E-state index in [1.165, 1.54) is 24.5 Å². The molecule has 0 unspecified atom stereocenters. The molecule has 1 aliphatic heterocycles. The minimum absolute atomic E-state index is 0.0327. The van der Waals surface area contributed by atoms with Gasteiger partial charge in [-0.2, -0.15) is 0 Å². The molecule has 1 aliphatic rings. The Morgan fingerprint density at radius 3 is 2.78 bits per heavy atom. The molecule has 7 nitrogen and oxygen atoms in total. The largest absolute Gasteiger partial charge is 0.573 e. The maximum Gasteiger partial charge on any atom is 0.573 e. The number of halogens is 3. The van der Waals surface area contributed by atoms with Crippen molar-refractivity contribution in [2.75, 3.05) is 17.2 Å². The van der Waals surface area contributed by atoms with Gasteiger partial charge in [-0.25, -0.2) is 9.97 Å². The Balaban J connectivity index is 1.40. The average molecular weight is 510 g/mol. The Bertz CT molecular complexity index is 1460. The van der Waals surface area contributed by atoms with Crippen LogP contribution in [0.5, 0.6) is 5.75 Å². The van der Waals surface area contributed by atoms with Gasteiger partial charge in [0.25, 0.3) is 0 Å². The van der Waals surface area contributed by atoms with Crippen LogP contribution in [0.3, 0.4) is 0 Å². The SMILES string of the molecule is CCCCn1cc(-c2ccc3c(c2)CCN3C(=O)Cc2cccc(OC(F)(F)F)c2)c2c(N)ncnc21. The summed E-state index contributed by atoms with van der Waals surface area (Å²) in [6, 6.07) is 11.4. The lowest BCUT2D eigenvalue weighted by Crippen LogP contribution is -2.30. The lowest BCUT2D eigenvalue weighted by atomic mass is 10.0. The predicted molar refractivity (Wildman–Crippen MR) is 135 cm³/mol. The summed E-state index contributed by atoms with van der Waals surface area (Å²) in [5.41, 5.74) is 11.2. The van der Waals surface area contributed by atoms with Crippen LogP contribution >= 0.6 is 0 Å². The molecule has 0 saturated carbocycles. The first-order valence-electron chi connectivity index (χ1n) is 12.1. The summed E-state index contributed by atoms with van der Waals surface area (Å²) in [4.78, 5) is 23.4. The molecule has 2 aromatic carbocycles. The number of fused-ring (bicyclic) bond motifs is 2. The second kappa shape index (κ2) is 9.76. The van der Waals surface area contributed by atoms with Crippen molar-refractivity contribution in [3.8, 4) is 16.9 Å². The third-order valence-electron chi connectivity index (χ3n) is 6.51. The summed E-state index contributed by atoms with van der Waals surface area (Å²) in [6.07, 6.45) is 1.45. The second-order valence-corrected chi connectivity index (χ2v) is 9.06. The number of hydrogen-bond acceptors (Lipinski definition) is 5. The first-order chi connectivity index (χ1) is 17.7. The van der Waals surface area contributed by atoms with Crippen molar-refractivity contribution in [1.82, 2.24) is 14.5 Å². The van der Waals surface area contributed by atoms with E-state index in [4.69, 9.17) is 5.73 Å². The summed E-state index contributed by atoms with van der Waals surface area (Å²) in [6.45, 7) is 3.46. The number of carbonyl (C=O) groups is 1. The first kappa shape index (κ1) is 24.6. The van der Waals surface area contributed by atoms with Crippen molar-refractivity contribution in [1.29, 1.82) is 0 Å². The Hall–Kier alpha value is -4.08. The predicted octanol–water partition coefficient (Wildman–Crippen LogP) is 5.51. The number of benzene rings is 2. The average Bonchev–Trinajstić information content (AvgIpc) is 3.44. The highest BCUT2D eigenvalue weighted by atomic mass is 19.4. The van der Waals surface area contributed by atoms with Crippen molar-refractivity contribution in [2.24, 2.45) is 0 Å². The van der Waals surface area contributed by atoms with E-state index in [2.05, 4.69) is 38.5 Å². The van der Waals surface area contributed by atoms with Crippen molar-refractivity contribution in [3.63, 3.8) is 0 Å². The van der Waals surface area contributed by atoms with Gasteiger partial charge in [0.05, 0.1) is 11.8 Å². The molecule has 4 aromatic rings. The van der Waals surface area contributed by atoms with Crippen LogP contribution in [0.1, 0.15) is 30.9 Å². The monoisotopic (exact) mass is 509 g/mol. The van der Waals surface area contributed by atoms with Gasteiger partial charge >= 0.3 is 6.36 Å². The van der Waals surface area contributed by atoms with E-state index in [0.29, 0.717) is 24.3 Å². The molecule has 1 amide bonds. The number of carbonyl (C=O) groups excluding carboxylic acids is 1. The van der Waals surface area contributed by atoms with Gasteiger partial charge in [0, 0.05) is 30.5 Å². The molecule has 2 N–H and O–H groups in total. The van der Waals surface area contributed by atoms with Gasteiger partial charge in [0.2, 0.25) is 5.91 Å². The summed E-state index contributed by atoms with van der Waals surface area (Å²) < 4.78 is 43.7. The molecule has 0 fully saturated rings. The van der Waals surface area contributed by atoms with Crippen molar-refractivity contribution >= 4 is 28.4 Å². The maximum atomic E-state index is 13.1. The highest BCUT2D eigenvalue weighted by molar-refractivity contribution is 6.02. The third-order valence-corrected chi connectivity index (χ3v) is 6.51. The van der Waals surface area contributed by atoms with Crippen molar-refractivity contribution < 1.29 is 22.7 Å². The zero-order valence-corrected chi connectivity index (χ0v) is 20.3. The van der Waals surface area contributed by atoms with Crippen molar-refractivity contribution in [3.05, 3.63) is 66.1 Å². The van der Waals surface area contributed by atoms with E-state index in [1.807, 2.05) is 12.1 Å². The minimum Gasteiger partial charge on any atom is -0.406 e. The highest BCUT2D eigenvalue weighted by Gasteiger charge is 2.31. The number of nitrogen functional groups attached to an aromatic ring is 1. The molecular weight excluding hydrogens is 483 g/mol. The number of amides is 1. The minimum atomic E-state index is -4.78. The van der Waals surface area contributed by atoms with Gasteiger partial charge in [-0.05, 0) is 53.8 Å². The second-order valence-electron chi connectivity index (χ2n) is 9.06. The van der Waals surface area contributed by atoms with Crippen LogP contribution in [0.2, 0.25) is 0 Å². The van der Waals surface area contributed by atoms with Gasteiger partial charge in [-0.3, -0.25) is 4.79 Å². The zero-order valence-electron chi connectivity index (χ0n) is 20.3. The number of rotatable bonds is 7. The molecule has 10 heteroatoms. The normalized spacial score (nSPS) is 13.2. The number of nitrogens with zero attached hydrogens (tertiary/aromatic N) is 4. The zero-order chi connectivity index (χ0) is 26.2. The van der Waals surface area contributed by atoms with Crippen LogP contribution < -0.4 is 15.4 Å². The summed E-state index contributed by atoms with van der Waals surface area (Å²) in [7, 11) is 0. The Kier molecular flexibility index (Phi) is 6.49. The molecule has 0 aliphatic carbocycles. The van der Waals surface area contributed by atoms with E-state index in [0.717, 1.165) is 52.8 Å². The van der Waals surface area contributed by atoms with Crippen LogP contribution in [0.4, 0.5) is 24.7 Å². The number of aromatic nitrogens is 3. The van der Waals surface area contributed by atoms with Gasteiger partial charge in [-0.15, -0.1) is 13.2 Å². The molecule has 0 atom stereocenters. The van der Waals surface area contributed by atoms with Crippen LogP contribution in [-0.4, -0.2) is 33.3 Å². The van der Waals surface area contributed by atoms with E-state index in [-0.39, 0.29) is 18.1 Å². The number of unbranched alkanes of at least 4 members (excludes halogenated alkanes) is 1. The Morgan fingerprint density at radius 2 is 2.00 bits per heavy atom. The Labute approximate surface area is 211 Å². The van der Waals surface area contributed by atoms with Crippen LogP contribution in [0.25, 0.3) is 22.2 Å². The fourth-order valence-electron chi connectivity index (χ4n) is 4.82. The van der Waals surface area contributed by atoms with E-state index >= 15 is 0 Å². The van der Waals surface area contributed by atoms with Crippen molar-refractivity contribution in [2.45, 2.75) is 45.5 Å². The smallest absolute Gasteiger partial charge is 0.406 e. The number of nitrogens with two attached hydrogens (primary N) is 1. The summed E-state index contributed by atoms with van der Waals surface area (Å²) >= 11 is 0. The molecule has 2 aromatic heterocycles. The van der Waals surface area contributed by atoms with Crippen LogP contribution in [-0.2, 0) is 24.2 Å². The first-order valence-corrected chi connectivity index (χ1v) is 12.1. The molecule has 3 heterocycles. The summed E-state index contributed by atoms with van der Waals surface area (Å²) in [5.74, 6) is -0.112. The van der Waals surface area contributed by atoms with E-state index < -0.39 is 6.36 Å². The fourth-order valence-corrected chi connectivity index (χ4v) is 4.82. The van der Waals surface area contributed by atoms with E-state index in [9.17, 15) is 18.0 Å². The number of hydrogen-bond donors (Lipinski definition) is 1.